The van der Waals surface area contributed by atoms with Crippen LogP contribution in [0.25, 0.3) is 0 Å². The van der Waals surface area contributed by atoms with Crippen molar-refractivity contribution in [2.24, 2.45) is 0 Å². The summed E-state index contributed by atoms with van der Waals surface area (Å²) in [6.45, 7) is 1.96. The lowest BCUT2D eigenvalue weighted by Gasteiger charge is -2.29. The molecule has 1 saturated heterocycles. The van der Waals surface area contributed by atoms with Gasteiger partial charge in [0.25, 0.3) is 5.91 Å². The maximum atomic E-state index is 13.7. The van der Waals surface area contributed by atoms with Gasteiger partial charge >= 0.3 is 0 Å². The molecule has 2 aromatic carbocycles. The highest BCUT2D eigenvalue weighted by Crippen LogP contribution is 2.23. The first-order valence-electron chi connectivity index (χ1n) is 8.23. The standard InChI is InChI=1S/C19H20F2N2O2.ClH/c1-23-10-8-14(9-11-23)25-15-5-2-4-13(12-15)22-19(24)18-16(20)6-3-7-17(18)21;/h2-7,12,14H,8-11H2,1H3,(H,22,24);1H. The Morgan fingerprint density at radius 1 is 1.12 bits per heavy atom. The van der Waals surface area contributed by atoms with Crippen LogP contribution < -0.4 is 10.1 Å². The van der Waals surface area contributed by atoms with Crippen LogP contribution in [0.4, 0.5) is 14.5 Å². The van der Waals surface area contributed by atoms with Crippen LogP contribution in [0, 0.1) is 11.6 Å². The predicted octanol–water partition coefficient (Wildman–Crippen LogP) is 4.11. The van der Waals surface area contributed by atoms with E-state index in [0.29, 0.717) is 11.4 Å². The first-order chi connectivity index (χ1) is 12.0. The van der Waals surface area contributed by atoms with E-state index in [4.69, 9.17) is 4.74 Å². The number of hydrogen-bond donors (Lipinski definition) is 1. The molecule has 0 spiro atoms. The lowest BCUT2D eigenvalue weighted by Crippen LogP contribution is -2.35. The second kappa shape index (κ2) is 8.96. The summed E-state index contributed by atoms with van der Waals surface area (Å²) in [5.41, 5.74) is -0.165. The third-order valence-corrected chi connectivity index (χ3v) is 4.25. The molecule has 0 unspecified atom stereocenters. The van der Waals surface area contributed by atoms with Gasteiger partial charge in [0, 0.05) is 24.8 Å². The summed E-state index contributed by atoms with van der Waals surface area (Å²) < 4.78 is 33.3. The fraction of sp³-hybridized carbons (Fsp3) is 0.316. The average molecular weight is 383 g/mol. The quantitative estimate of drug-likeness (QED) is 0.865. The van der Waals surface area contributed by atoms with Crippen molar-refractivity contribution in [3.63, 3.8) is 0 Å². The zero-order valence-corrected chi connectivity index (χ0v) is 15.2. The minimum absolute atomic E-state index is 0. The molecule has 0 atom stereocenters. The molecule has 1 amide bonds. The van der Waals surface area contributed by atoms with Gasteiger partial charge in [-0.2, -0.15) is 0 Å². The van der Waals surface area contributed by atoms with Crippen LogP contribution in [0.3, 0.4) is 0 Å². The number of carbonyl (C=O) groups excluding carboxylic acids is 1. The highest BCUT2D eigenvalue weighted by Gasteiger charge is 2.19. The van der Waals surface area contributed by atoms with Crippen molar-refractivity contribution in [1.82, 2.24) is 4.90 Å². The van der Waals surface area contributed by atoms with E-state index in [1.54, 1.807) is 24.3 Å². The predicted molar refractivity (Wildman–Crippen MR) is 99.1 cm³/mol. The highest BCUT2D eigenvalue weighted by molar-refractivity contribution is 6.04. The molecular formula is C19H21ClF2N2O2. The summed E-state index contributed by atoms with van der Waals surface area (Å²) in [7, 11) is 2.08. The second-order valence-corrected chi connectivity index (χ2v) is 6.20. The van der Waals surface area contributed by atoms with Crippen LogP contribution >= 0.6 is 12.4 Å². The molecule has 26 heavy (non-hydrogen) atoms. The average Bonchev–Trinajstić information content (AvgIpc) is 2.57. The molecule has 1 aliphatic rings. The van der Waals surface area contributed by atoms with Gasteiger partial charge in [0.2, 0.25) is 0 Å². The van der Waals surface area contributed by atoms with Crippen LogP contribution in [-0.4, -0.2) is 37.0 Å². The Bertz CT molecular complexity index is 745. The van der Waals surface area contributed by atoms with Crippen LogP contribution in [0.5, 0.6) is 5.75 Å². The molecule has 4 nitrogen and oxygen atoms in total. The topological polar surface area (TPSA) is 41.6 Å². The van der Waals surface area contributed by atoms with Crippen molar-refractivity contribution in [1.29, 1.82) is 0 Å². The first kappa shape index (κ1) is 20.1. The lowest BCUT2D eigenvalue weighted by atomic mass is 10.1. The molecule has 3 rings (SSSR count). The van der Waals surface area contributed by atoms with E-state index in [1.165, 1.54) is 6.07 Å². The Morgan fingerprint density at radius 2 is 1.73 bits per heavy atom. The fourth-order valence-electron chi connectivity index (χ4n) is 2.85. The van der Waals surface area contributed by atoms with Gasteiger partial charge in [-0.3, -0.25) is 4.79 Å². The molecule has 0 radical (unpaired) electrons. The summed E-state index contributed by atoms with van der Waals surface area (Å²) in [4.78, 5) is 14.4. The lowest BCUT2D eigenvalue weighted by molar-refractivity contribution is 0.101. The Balaban J connectivity index is 0.00000243. The summed E-state index contributed by atoms with van der Waals surface area (Å²) in [5, 5.41) is 2.52. The summed E-state index contributed by atoms with van der Waals surface area (Å²) in [6.07, 6.45) is 2.01. The van der Waals surface area contributed by atoms with E-state index in [-0.39, 0.29) is 18.5 Å². The summed E-state index contributed by atoms with van der Waals surface area (Å²) in [6, 6.07) is 10.2. The van der Waals surface area contributed by atoms with Crippen molar-refractivity contribution in [3.8, 4) is 5.75 Å². The van der Waals surface area contributed by atoms with Crippen molar-refractivity contribution in [3.05, 3.63) is 59.7 Å². The fourth-order valence-corrected chi connectivity index (χ4v) is 2.85. The van der Waals surface area contributed by atoms with Gasteiger partial charge in [-0.1, -0.05) is 12.1 Å². The van der Waals surface area contributed by atoms with E-state index < -0.39 is 23.1 Å². The molecule has 1 fully saturated rings. The van der Waals surface area contributed by atoms with E-state index >= 15 is 0 Å². The monoisotopic (exact) mass is 382 g/mol. The van der Waals surface area contributed by atoms with Gasteiger partial charge in [0.1, 0.15) is 29.1 Å². The summed E-state index contributed by atoms with van der Waals surface area (Å²) in [5.74, 6) is -1.99. The number of amides is 1. The van der Waals surface area contributed by atoms with Crippen molar-refractivity contribution >= 4 is 24.0 Å². The van der Waals surface area contributed by atoms with Gasteiger partial charge in [-0.05, 0) is 44.2 Å². The third kappa shape index (κ3) is 4.93. The molecular weight excluding hydrogens is 362 g/mol. The third-order valence-electron chi connectivity index (χ3n) is 4.25. The maximum Gasteiger partial charge on any atom is 0.261 e. The number of carbonyl (C=O) groups is 1. The van der Waals surface area contributed by atoms with E-state index in [1.807, 2.05) is 0 Å². The number of nitrogens with zero attached hydrogens (tertiary/aromatic N) is 1. The first-order valence-corrected chi connectivity index (χ1v) is 8.23. The Morgan fingerprint density at radius 3 is 2.38 bits per heavy atom. The zero-order chi connectivity index (χ0) is 17.8. The summed E-state index contributed by atoms with van der Waals surface area (Å²) >= 11 is 0. The molecule has 7 heteroatoms. The van der Waals surface area contributed by atoms with Gasteiger partial charge in [0.05, 0.1) is 0 Å². The molecule has 1 N–H and O–H groups in total. The van der Waals surface area contributed by atoms with Crippen molar-refractivity contribution in [2.75, 3.05) is 25.5 Å². The van der Waals surface area contributed by atoms with Gasteiger partial charge < -0.3 is 15.0 Å². The molecule has 0 aliphatic carbocycles. The minimum Gasteiger partial charge on any atom is -0.490 e. The number of benzene rings is 2. The largest absolute Gasteiger partial charge is 0.490 e. The smallest absolute Gasteiger partial charge is 0.261 e. The van der Waals surface area contributed by atoms with Crippen LogP contribution in [0.15, 0.2) is 42.5 Å². The van der Waals surface area contributed by atoms with Crippen LogP contribution in [0.1, 0.15) is 23.2 Å². The molecule has 1 heterocycles. The number of rotatable bonds is 4. The van der Waals surface area contributed by atoms with Gasteiger partial charge in [-0.25, -0.2) is 8.78 Å². The number of piperidine rings is 1. The highest BCUT2D eigenvalue weighted by atomic mass is 35.5. The number of anilines is 1. The number of halogens is 3. The molecule has 0 bridgehead atoms. The normalized spacial score (nSPS) is 15.2. The molecule has 0 aromatic heterocycles. The second-order valence-electron chi connectivity index (χ2n) is 6.20. The Hall–Kier alpha value is -2.18. The molecule has 0 saturated carbocycles. The Kier molecular flexibility index (Phi) is 6.94. The number of ether oxygens (including phenoxy) is 1. The van der Waals surface area contributed by atoms with Gasteiger partial charge in [0.15, 0.2) is 0 Å². The van der Waals surface area contributed by atoms with Crippen LogP contribution in [0.2, 0.25) is 0 Å². The molecule has 2 aromatic rings. The van der Waals surface area contributed by atoms with E-state index in [0.717, 1.165) is 38.1 Å². The molecule has 140 valence electrons. The van der Waals surface area contributed by atoms with Gasteiger partial charge in [-0.15, -0.1) is 12.4 Å². The number of hydrogen-bond acceptors (Lipinski definition) is 3. The Labute approximate surface area is 157 Å². The van der Waals surface area contributed by atoms with Crippen molar-refractivity contribution in [2.45, 2.75) is 18.9 Å². The molecule has 1 aliphatic heterocycles. The number of nitrogens with one attached hydrogen (secondary N) is 1. The number of likely N-dealkylation sites (tertiary alicyclic amines) is 1. The SMILES string of the molecule is CN1CCC(Oc2cccc(NC(=O)c3c(F)cccc3F)c2)CC1.Cl. The maximum absolute atomic E-state index is 13.7. The van der Waals surface area contributed by atoms with Crippen LogP contribution in [-0.2, 0) is 0 Å². The van der Waals surface area contributed by atoms with E-state index in [2.05, 4.69) is 17.3 Å². The van der Waals surface area contributed by atoms with E-state index in [9.17, 15) is 13.6 Å². The zero-order valence-electron chi connectivity index (χ0n) is 14.4. The van der Waals surface area contributed by atoms with Crippen molar-refractivity contribution < 1.29 is 18.3 Å². The minimum atomic E-state index is -0.892.